The van der Waals surface area contributed by atoms with E-state index in [0.29, 0.717) is 12.2 Å². The highest BCUT2D eigenvalue weighted by molar-refractivity contribution is 7.98. The number of nitrogens with two attached hydrogens (primary N) is 2. The molecule has 0 aliphatic heterocycles. The number of rotatable bonds is 15. The Balaban J connectivity index is 2.67. The fourth-order valence-corrected chi connectivity index (χ4v) is 3.29. The van der Waals surface area contributed by atoms with Crippen LogP contribution in [0.15, 0.2) is 30.3 Å². The van der Waals surface area contributed by atoms with E-state index in [1.54, 1.807) is 30.3 Å². The van der Waals surface area contributed by atoms with Crippen LogP contribution in [0.5, 0.6) is 0 Å². The smallest absolute Gasteiger partial charge is 0.326 e. The number of carbonyl (C=O) groups excluding carboxylic acids is 4. The van der Waals surface area contributed by atoms with Crippen molar-refractivity contribution >= 4 is 41.4 Å². The molecular weight excluding hydrogens is 450 g/mol. The van der Waals surface area contributed by atoms with Crippen LogP contribution < -0.4 is 27.4 Å². The first-order valence-corrected chi connectivity index (χ1v) is 11.7. The van der Waals surface area contributed by atoms with Crippen LogP contribution in [0.3, 0.4) is 0 Å². The average molecular weight is 482 g/mol. The van der Waals surface area contributed by atoms with Crippen LogP contribution in [-0.4, -0.2) is 71.4 Å². The highest BCUT2D eigenvalue weighted by Gasteiger charge is 2.25. The molecule has 0 aromatic heterocycles. The Morgan fingerprint density at radius 3 is 2.24 bits per heavy atom. The third-order valence-corrected chi connectivity index (χ3v) is 5.27. The number of amides is 4. The van der Waals surface area contributed by atoms with Crippen LogP contribution in [0.2, 0.25) is 0 Å². The predicted molar refractivity (Wildman–Crippen MR) is 124 cm³/mol. The van der Waals surface area contributed by atoms with Gasteiger partial charge in [-0.05, 0) is 30.4 Å². The van der Waals surface area contributed by atoms with Crippen molar-refractivity contribution in [2.75, 3.05) is 18.6 Å². The maximum Gasteiger partial charge on any atom is 0.326 e. The Bertz CT molecular complexity index is 823. The van der Waals surface area contributed by atoms with Gasteiger partial charge in [-0.25, -0.2) is 4.79 Å². The summed E-state index contributed by atoms with van der Waals surface area (Å²) >= 11 is 1.52. The maximum absolute atomic E-state index is 12.5. The molecule has 0 saturated carbocycles. The second-order valence-corrected chi connectivity index (χ2v) is 8.31. The van der Waals surface area contributed by atoms with E-state index in [2.05, 4.69) is 16.0 Å². The SMILES string of the molecule is CSCCC(N)C(=O)NC(CCC(N)=O)C(=O)NCC(=O)NC(Cc1ccccc1)C(=O)O. The van der Waals surface area contributed by atoms with Crippen LogP contribution >= 0.6 is 11.8 Å². The van der Waals surface area contributed by atoms with Crippen LogP contribution in [0.1, 0.15) is 24.8 Å². The van der Waals surface area contributed by atoms with Gasteiger partial charge in [0.25, 0.3) is 0 Å². The summed E-state index contributed by atoms with van der Waals surface area (Å²) in [5, 5.41) is 16.6. The zero-order chi connectivity index (χ0) is 24.8. The highest BCUT2D eigenvalue weighted by Crippen LogP contribution is 2.04. The lowest BCUT2D eigenvalue weighted by atomic mass is 10.1. The van der Waals surface area contributed by atoms with Gasteiger partial charge in [0.05, 0.1) is 12.6 Å². The van der Waals surface area contributed by atoms with Gasteiger partial charge in [-0.3, -0.25) is 19.2 Å². The summed E-state index contributed by atoms with van der Waals surface area (Å²) in [7, 11) is 0. The number of hydrogen-bond acceptors (Lipinski definition) is 7. The van der Waals surface area contributed by atoms with E-state index < -0.39 is 54.3 Å². The number of carboxylic acid groups (broad SMARTS) is 1. The number of hydrogen-bond donors (Lipinski definition) is 6. The molecule has 11 nitrogen and oxygen atoms in total. The minimum absolute atomic E-state index is 0.0705. The molecule has 1 aromatic carbocycles. The number of primary amides is 1. The van der Waals surface area contributed by atoms with Crippen molar-refractivity contribution in [3.8, 4) is 0 Å². The minimum Gasteiger partial charge on any atom is -0.480 e. The molecule has 12 heteroatoms. The van der Waals surface area contributed by atoms with E-state index in [0.717, 1.165) is 5.56 Å². The van der Waals surface area contributed by atoms with Crippen LogP contribution in [0, 0.1) is 0 Å². The molecule has 0 spiro atoms. The zero-order valence-electron chi connectivity index (χ0n) is 18.4. The van der Waals surface area contributed by atoms with Crippen molar-refractivity contribution < 1.29 is 29.1 Å². The summed E-state index contributed by atoms with van der Waals surface area (Å²) < 4.78 is 0. The topological polar surface area (TPSA) is 194 Å². The Morgan fingerprint density at radius 2 is 1.67 bits per heavy atom. The molecule has 1 rings (SSSR count). The van der Waals surface area contributed by atoms with Gasteiger partial charge in [0.1, 0.15) is 12.1 Å². The monoisotopic (exact) mass is 481 g/mol. The van der Waals surface area contributed by atoms with E-state index in [1.807, 2.05) is 6.26 Å². The molecule has 8 N–H and O–H groups in total. The first-order chi connectivity index (χ1) is 15.6. The molecule has 0 radical (unpaired) electrons. The van der Waals surface area contributed by atoms with E-state index in [4.69, 9.17) is 11.5 Å². The van der Waals surface area contributed by atoms with Crippen molar-refractivity contribution in [3.05, 3.63) is 35.9 Å². The van der Waals surface area contributed by atoms with Gasteiger partial charge in [-0.2, -0.15) is 11.8 Å². The summed E-state index contributed by atoms with van der Waals surface area (Å²) in [5.41, 5.74) is 11.7. The second kappa shape index (κ2) is 14.9. The van der Waals surface area contributed by atoms with Crippen molar-refractivity contribution in [1.29, 1.82) is 0 Å². The Labute approximate surface area is 196 Å². The molecule has 3 unspecified atom stereocenters. The van der Waals surface area contributed by atoms with Gasteiger partial charge in [-0.1, -0.05) is 30.3 Å². The average Bonchev–Trinajstić information content (AvgIpc) is 2.78. The standard InChI is InChI=1S/C21H31N5O6S/c1-33-10-9-14(22)19(29)26-15(7-8-17(23)27)20(30)24-12-18(28)25-16(21(31)32)11-13-5-3-2-4-6-13/h2-6,14-16H,7-12,22H2,1H3,(H2,23,27)(H,24,30)(H,25,28)(H,26,29)(H,31,32). The fourth-order valence-electron chi connectivity index (χ4n) is 2.80. The van der Waals surface area contributed by atoms with E-state index in [9.17, 15) is 29.1 Å². The van der Waals surface area contributed by atoms with Crippen molar-refractivity contribution in [2.45, 2.75) is 43.8 Å². The first-order valence-electron chi connectivity index (χ1n) is 10.3. The van der Waals surface area contributed by atoms with Gasteiger partial charge < -0.3 is 32.5 Å². The molecule has 0 aliphatic carbocycles. The molecule has 33 heavy (non-hydrogen) atoms. The quantitative estimate of drug-likeness (QED) is 0.179. The number of carboxylic acids is 1. The molecule has 4 amide bonds. The molecule has 1 aromatic rings. The molecule has 0 bridgehead atoms. The fraction of sp³-hybridized carbons (Fsp3) is 0.476. The van der Waals surface area contributed by atoms with Crippen molar-refractivity contribution in [2.24, 2.45) is 11.5 Å². The second-order valence-electron chi connectivity index (χ2n) is 7.32. The molecule has 0 saturated heterocycles. The molecular formula is C21H31N5O6S. The highest BCUT2D eigenvalue weighted by atomic mass is 32.2. The lowest BCUT2D eigenvalue weighted by Crippen LogP contribution is -2.53. The Hall–Kier alpha value is -3.12. The third kappa shape index (κ3) is 11.3. The van der Waals surface area contributed by atoms with Gasteiger partial charge in [0.15, 0.2) is 0 Å². The number of nitrogens with one attached hydrogen (secondary N) is 3. The Kier molecular flexibility index (Phi) is 12.6. The molecule has 182 valence electrons. The van der Waals surface area contributed by atoms with Gasteiger partial charge in [0.2, 0.25) is 23.6 Å². The van der Waals surface area contributed by atoms with E-state index >= 15 is 0 Å². The third-order valence-electron chi connectivity index (χ3n) is 4.62. The lowest BCUT2D eigenvalue weighted by molar-refractivity contribution is -0.141. The molecule has 3 atom stereocenters. The van der Waals surface area contributed by atoms with Crippen LogP contribution in [0.4, 0.5) is 0 Å². The predicted octanol–water partition coefficient (Wildman–Crippen LogP) is -1.25. The summed E-state index contributed by atoms with van der Waals surface area (Å²) in [4.78, 5) is 59.6. The van der Waals surface area contributed by atoms with Gasteiger partial charge in [-0.15, -0.1) is 0 Å². The molecule has 0 aliphatic rings. The van der Waals surface area contributed by atoms with Crippen molar-refractivity contribution in [3.63, 3.8) is 0 Å². The normalized spacial score (nSPS) is 13.3. The van der Waals surface area contributed by atoms with Gasteiger partial charge in [0, 0.05) is 12.8 Å². The summed E-state index contributed by atoms with van der Waals surface area (Å²) in [6.07, 6.45) is 2.10. The van der Waals surface area contributed by atoms with Crippen molar-refractivity contribution in [1.82, 2.24) is 16.0 Å². The number of aliphatic carboxylic acids is 1. The zero-order valence-corrected chi connectivity index (χ0v) is 19.2. The van der Waals surface area contributed by atoms with E-state index in [-0.39, 0.29) is 19.3 Å². The summed E-state index contributed by atoms with van der Waals surface area (Å²) in [6.45, 7) is -0.515. The van der Waals surface area contributed by atoms with Crippen LogP contribution in [0.25, 0.3) is 0 Å². The number of carbonyl (C=O) groups is 5. The van der Waals surface area contributed by atoms with E-state index in [1.165, 1.54) is 11.8 Å². The summed E-state index contributed by atoms with van der Waals surface area (Å²) in [5.74, 6) is -3.22. The summed E-state index contributed by atoms with van der Waals surface area (Å²) in [6, 6.07) is 5.62. The maximum atomic E-state index is 12.5. The number of benzene rings is 1. The Morgan fingerprint density at radius 1 is 1.00 bits per heavy atom. The lowest BCUT2D eigenvalue weighted by Gasteiger charge is -2.20. The van der Waals surface area contributed by atoms with Gasteiger partial charge >= 0.3 is 5.97 Å². The first kappa shape index (κ1) is 27.9. The molecule has 0 fully saturated rings. The minimum atomic E-state index is -1.22. The number of thioether (sulfide) groups is 1. The van der Waals surface area contributed by atoms with Crippen LogP contribution in [-0.2, 0) is 30.4 Å². The largest absolute Gasteiger partial charge is 0.480 e. The molecule has 0 heterocycles.